The summed E-state index contributed by atoms with van der Waals surface area (Å²) in [4.78, 5) is 11.1. The van der Waals surface area contributed by atoms with Gasteiger partial charge in [-0.05, 0) is 0 Å². The van der Waals surface area contributed by atoms with Gasteiger partial charge in [0, 0.05) is 28.3 Å². The number of hydrogen-bond donors (Lipinski definition) is 0. The van der Waals surface area contributed by atoms with Crippen molar-refractivity contribution >= 4 is 5.97 Å². The highest BCUT2D eigenvalue weighted by Gasteiger charge is 2.43. The summed E-state index contributed by atoms with van der Waals surface area (Å²) in [6.07, 6.45) is -1.45. The summed E-state index contributed by atoms with van der Waals surface area (Å²) >= 11 is 0. The molecule has 17 heavy (non-hydrogen) atoms. The molecule has 1 fully saturated rings. The van der Waals surface area contributed by atoms with Crippen molar-refractivity contribution in [2.24, 2.45) is 0 Å². The normalized spacial score (nSPS) is 33.4. The standard InChI is InChI=1S/C11H20O6/c1-7(12)17-11-8(14-3)6-16-9(5-13-2)10(11)15-4/h8-11H,5-6H2,1-4H3/t8-,9+,10-,11-/m1/s1. The molecule has 6 nitrogen and oxygen atoms in total. The van der Waals surface area contributed by atoms with Crippen LogP contribution in [0.15, 0.2) is 0 Å². The molecule has 0 N–H and O–H groups in total. The molecule has 0 aromatic carbocycles. The van der Waals surface area contributed by atoms with Gasteiger partial charge >= 0.3 is 5.97 Å². The summed E-state index contributed by atoms with van der Waals surface area (Å²) in [6.45, 7) is 2.09. The summed E-state index contributed by atoms with van der Waals surface area (Å²) in [5.41, 5.74) is 0. The summed E-state index contributed by atoms with van der Waals surface area (Å²) in [6, 6.07) is 0. The van der Waals surface area contributed by atoms with E-state index < -0.39 is 12.2 Å². The van der Waals surface area contributed by atoms with E-state index in [9.17, 15) is 4.79 Å². The Morgan fingerprint density at radius 2 is 1.94 bits per heavy atom. The monoisotopic (exact) mass is 248 g/mol. The van der Waals surface area contributed by atoms with Crippen LogP contribution in [0, 0.1) is 0 Å². The Balaban J connectivity index is 2.76. The van der Waals surface area contributed by atoms with Crippen molar-refractivity contribution in [2.45, 2.75) is 31.3 Å². The fourth-order valence-corrected chi connectivity index (χ4v) is 1.96. The molecular formula is C11H20O6. The van der Waals surface area contributed by atoms with Gasteiger partial charge in [0.25, 0.3) is 0 Å². The Labute approximate surface area is 101 Å². The minimum absolute atomic E-state index is 0.263. The van der Waals surface area contributed by atoms with Crippen LogP contribution < -0.4 is 0 Å². The molecule has 0 bridgehead atoms. The highest BCUT2D eigenvalue weighted by molar-refractivity contribution is 5.66. The van der Waals surface area contributed by atoms with Crippen molar-refractivity contribution in [3.05, 3.63) is 0 Å². The van der Waals surface area contributed by atoms with E-state index in [1.54, 1.807) is 21.3 Å². The molecule has 6 heteroatoms. The minimum atomic E-state index is -0.476. The zero-order chi connectivity index (χ0) is 12.8. The molecule has 0 spiro atoms. The van der Waals surface area contributed by atoms with Crippen LogP contribution in [0.25, 0.3) is 0 Å². The van der Waals surface area contributed by atoms with Gasteiger partial charge in [0.2, 0.25) is 0 Å². The molecule has 4 atom stereocenters. The van der Waals surface area contributed by atoms with Gasteiger partial charge < -0.3 is 23.7 Å². The number of hydrogen-bond acceptors (Lipinski definition) is 6. The van der Waals surface area contributed by atoms with Crippen LogP contribution in [0.5, 0.6) is 0 Å². The van der Waals surface area contributed by atoms with E-state index >= 15 is 0 Å². The first kappa shape index (κ1) is 14.4. The first-order valence-electron chi connectivity index (χ1n) is 5.47. The van der Waals surface area contributed by atoms with E-state index in [2.05, 4.69) is 0 Å². The lowest BCUT2D eigenvalue weighted by molar-refractivity contribution is -0.224. The van der Waals surface area contributed by atoms with Gasteiger partial charge in [0.15, 0.2) is 6.10 Å². The van der Waals surface area contributed by atoms with E-state index in [-0.39, 0.29) is 18.2 Å². The molecule has 0 saturated carbocycles. The van der Waals surface area contributed by atoms with Gasteiger partial charge in [-0.2, -0.15) is 0 Å². The van der Waals surface area contributed by atoms with Crippen molar-refractivity contribution in [2.75, 3.05) is 34.5 Å². The summed E-state index contributed by atoms with van der Waals surface area (Å²) in [7, 11) is 4.68. The van der Waals surface area contributed by atoms with Crippen LogP contribution >= 0.6 is 0 Å². The molecular weight excluding hydrogens is 228 g/mol. The molecule has 0 radical (unpaired) electrons. The van der Waals surface area contributed by atoms with Crippen LogP contribution in [-0.2, 0) is 28.5 Å². The molecule has 0 aliphatic carbocycles. The molecule has 0 aromatic rings. The third kappa shape index (κ3) is 3.64. The smallest absolute Gasteiger partial charge is 0.303 e. The average Bonchev–Trinajstić information content (AvgIpc) is 2.29. The highest BCUT2D eigenvalue weighted by Crippen LogP contribution is 2.23. The predicted molar refractivity (Wildman–Crippen MR) is 58.8 cm³/mol. The number of ether oxygens (including phenoxy) is 5. The summed E-state index contributed by atoms with van der Waals surface area (Å²) in [5, 5.41) is 0. The third-order valence-electron chi connectivity index (χ3n) is 2.74. The van der Waals surface area contributed by atoms with Crippen molar-refractivity contribution in [1.29, 1.82) is 0 Å². The lowest BCUT2D eigenvalue weighted by Gasteiger charge is -2.40. The second-order valence-electron chi connectivity index (χ2n) is 3.88. The SMILES string of the molecule is COC[C@@H]1OC[C@@H](OC)[C@@H](OC(C)=O)[C@@H]1OC. The summed E-state index contributed by atoms with van der Waals surface area (Å²) in [5.74, 6) is -0.364. The van der Waals surface area contributed by atoms with E-state index in [1.165, 1.54) is 6.92 Å². The fourth-order valence-electron chi connectivity index (χ4n) is 1.96. The maximum atomic E-state index is 11.1. The fraction of sp³-hybridized carbons (Fsp3) is 0.909. The van der Waals surface area contributed by atoms with Crippen molar-refractivity contribution in [3.8, 4) is 0 Å². The van der Waals surface area contributed by atoms with Gasteiger partial charge in [0.05, 0.1) is 13.2 Å². The Morgan fingerprint density at radius 3 is 2.41 bits per heavy atom. The van der Waals surface area contributed by atoms with E-state index in [4.69, 9.17) is 23.7 Å². The number of carbonyl (C=O) groups is 1. The summed E-state index contributed by atoms with van der Waals surface area (Å²) < 4.78 is 26.5. The molecule has 1 saturated heterocycles. The Kier molecular flexibility index (Phi) is 5.84. The minimum Gasteiger partial charge on any atom is -0.457 e. The van der Waals surface area contributed by atoms with Crippen LogP contribution in [0.3, 0.4) is 0 Å². The maximum absolute atomic E-state index is 11.1. The Morgan fingerprint density at radius 1 is 1.24 bits per heavy atom. The van der Waals surface area contributed by atoms with E-state index in [0.717, 1.165) is 0 Å². The van der Waals surface area contributed by atoms with Crippen molar-refractivity contribution in [3.63, 3.8) is 0 Å². The number of rotatable bonds is 5. The van der Waals surface area contributed by atoms with Crippen LogP contribution in [0.2, 0.25) is 0 Å². The first-order valence-corrected chi connectivity index (χ1v) is 5.47. The Hall–Kier alpha value is -0.690. The van der Waals surface area contributed by atoms with Crippen LogP contribution in [0.4, 0.5) is 0 Å². The number of esters is 1. The molecule has 1 rings (SSSR count). The highest BCUT2D eigenvalue weighted by atomic mass is 16.6. The van der Waals surface area contributed by atoms with Crippen molar-refractivity contribution in [1.82, 2.24) is 0 Å². The number of carbonyl (C=O) groups excluding carboxylic acids is 1. The van der Waals surface area contributed by atoms with Crippen LogP contribution in [0.1, 0.15) is 6.92 Å². The van der Waals surface area contributed by atoms with E-state index in [1.807, 2.05) is 0 Å². The largest absolute Gasteiger partial charge is 0.457 e. The molecule has 1 aliphatic heterocycles. The van der Waals surface area contributed by atoms with E-state index in [0.29, 0.717) is 13.2 Å². The lowest BCUT2D eigenvalue weighted by Crippen LogP contribution is -2.57. The predicted octanol–water partition coefficient (Wildman–Crippen LogP) is -0.00670. The maximum Gasteiger partial charge on any atom is 0.303 e. The molecule has 0 aromatic heterocycles. The van der Waals surface area contributed by atoms with Gasteiger partial charge in [0.1, 0.15) is 18.3 Å². The number of methoxy groups -OCH3 is 3. The van der Waals surface area contributed by atoms with Gasteiger partial charge in [-0.3, -0.25) is 4.79 Å². The van der Waals surface area contributed by atoms with Gasteiger partial charge in [-0.1, -0.05) is 0 Å². The molecule has 0 amide bonds. The third-order valence-corrected chi connectivity index (χ3v) is 2.74. The topological polar surface area (TPSA) is 63.2 Å². The average molecular weight is 248 g/mol. The van der Waals surface area contributed by atoms with Crippen molar-refractivity contribution < 1.29 is 28.5 Å². The second kappa shape index (κ2) is 6.90. The quantitative estimate of drug-likeness (QED) is 0.638. The first-order chi connectivity index (χ1) is 8.13. The second-order valence-corrected chi connectivity index (χ2v) is 3.88. The zero-order valence-electron chi connectivity index (χ0n) is 10.7. The molecule has 0 unspecified atom stereocenters. The molecule has 100 valence electrons. The molecule has 1 aliphatic rings. The van der Waals surface area contributed by atoms with Gasteiger partial charge in [-0.25, -0.2) is 0 Å². The van der Waals surface area contributed by atoms with Crippen LogP contribution in [-0.4, -0.2) is 64.9 Å². The Bertz CT molecular complexity index is 244. The molecule has 1 heterocycles. The van der Waals surface area contributed by atoms with Gasteiger partial charge in [-0.15, -0.1) is 0 Å². The zero-order valence-corrected chi connectivity index (χ0v) is 10.7. The lowest BCUT2D eigenvalue weighted by atomic mass is 10.00.